The first kappa shape index (κ1) is 19.6. The highest BCUT2D eigenvalue weighted by atomic mass is 32.2. The van der Waals surface area contributed by atoms with Gasteiger partial charge in [0.25, 0.3) is 0 Å². The Labute approximate surface area is 155 Å². The molecule has 0 saturated heterocycles. The van der Waals surface area contributed by atoms with E-state index in [0.29, 0.717) is 9.47 Å². The minimum atomic E-state index is -0.855. The van der Waals surface area contributed by atoms with Gasteiger partial charge in [-0.1, -0.05) is 42.4 Å². The van der Waals surface area contributed by atoms with Crippen LogP contribution in [0.2, 0.25) is 0 Å². The van der Waals surface area contributed by atoms with E-state index in [4.69, 9.17) is 0 Å². The van der Waals surface area contributed by atoms with E-state index >= 15 is 0 Å². The van der Waals surface area contributed by atoms with Crippen molar-refractivity contribution >= 4 is 46.0 Å². The van der Waals surface area contributed by atoms with Crippen molar-refractivity contribution in [3.05, 3.63) is 0 Å². The number of nitrogens with zero attached hydrogens (tertiary/aromatic N) is 3. The number of Topliss-reactive ketones (excluding diaryl/α,β-unsaturated/α-hetero) is 1. The number of amides is 3. The molecule has 0 radical (unpaired) electrons. The largest absolute Gasteiger partial charge is 0.347 e. The fourth-order valence-corrected chi connectivity index (χ4v) is 4.47. The summed E-state index contributed by atoms with van der Waals surface area (Å²) in [4.78, 5) is 37.1. The van der Waals surface area contributed by atoms with Gasteiger partial charge in [-0.15, -0.1) is 10.2 Å². The number of ketones is 1. The predicted octanol–water partition coefficient (Wildman–Crippen LogP) is 2.13. The molecule has 2 rings (SSSR count). The number of anilines is 1. The number of nitrogens with one attached hydrogen (secondary N) is 2. The monoisotopic (exact) mass is 385 g/mol. The highest BCUT2D eigenvalue weighted by Crippen LogP contribution is 2.30. The quantitative estimate of drug-likeness (QED) is 0.442. The van der Waals surface area contributed by atoms with Gasteiger partial charge in [0.15, 0.2) is 10.1 Å². The lowest BCUT2D eigenvalue weighted by atomic mass is 9.96. The van der Waals surface area contributed by atoms with Crippen LogP contribution in [-0.2, 0) is 9.59 Å². The summed E-state index contributed by atoms with van der Waals surface area (Å²) in [7, 11) is 3.20. The van der Waals surface area contributed by atoms with Crippen LogP contribution >= 0.6 is 23.1 Å². The second kappa shape index (κ2) is 9.14. The first-order valence-corrected chi connectivity index (χ1v) is 9.85. The zero-order valence-corrected chi connectivity index (χ0v) is 16.2. The van der Waals surface area contributed by atoms with Crippen molar-refractivity contribution in [2.24, 2.45) is 0 Å². The Bertz CT molecular complexity index is 628. The van der Waals surface area contributed by atoms with Crippen LogP contribution in [0.3, 0.4) is 0 Å². The van der Waals surface area contributed by atoms with Crippen LogP contribution < -0.4 is 10.6 Å². The zero-order valence-electron chi connectivity index (χ0n) is 14.6. The minimum absolute atomic E-state index is 0.204. The lowest BCUT2D eigenvalue weighted by molar-refractivity contribution is -0.132. The number of carbonyl (C=O) groups excluding carboxylic acids is 3. The molecule has 3 amide bonds. The van der Waals surface area contributed by atoms with Crippen molar-refractivity contribution in [2.45, 2.75) is 54.7 Å². The SMILES string of the molecule is CC(=O)[C@H](Sc1nnc(NC(=O)NC2CCCCC2)s1)C(=O)N(C)C. The molecule has 1 atom stereocenters. The molecule has 8 nitrogen and oxygen atoms in total. The molecular weight excluding hydrogens is 362 g/mol. The highest BCUT2D eigenvalue weighted by Gasteiger charge is 2.28. The zero-order chi connectivity index (χ0) is 18.4. The van der Waals surface area contributed by atoms with Crippen molar-refractivity contribution in [1.29, 1.82) is 0 Å². The molecule has 1 saturated carbocycles. The molecule has 0 aliphatic heterocycles. The van der Waals surface area contributed by atoms with E-state index in [1.807, 2.05) is 0 Å². The van der Waals surface area contributed by atoms with E-state index in [2.05, 4.69) is 20.8 Å². The number of rotatable bonds is 6. The molecule has 0 bridgehead atoms. The van der Waals surface area contributed by atoms with Gasteiger partial charge in [-0.05, 0) is 19.8 Å². The van der Waals surface area contributed by atoms with Gasteiger partial charge >= 0.3 is 6.03 Å². The van der Waals surface area contributed by atoms with Crippen LogP contribution in [0.4, 0.5) is 9.93 Å². The molecule has 0 aromatic carbocycles. The third-order valence-electron chi connectivity index (χ3n) is 3.82. The number of carbonyl (C=O) groups is 3. The summed E-state index contributed by atoms with van der Waals surface area (Å²) < 4.78 is 0.461. The Balaban J connectivity index is 1.91. The highest BCUT2D eigenvalue weighted by molar-refractivity contribution is 8.03. The van der Waals surface area contributed by atoms with Gasteiger partial charge in [-0.25, -0.2) is 4.79 Å². The smallest absolute Gasteiger partial charge is 0.321 e. The Morgan fingerprint density at radius 3 is 2.48 bits per heavy atom. The maximum Gasteiger partial charge on any atom is 0.321 e. The Morgan fingerprint density at radius 1 is 1.20 bits per heavy atom. The van der Waals surface area contributed by atoms with Gasteiger partial charge < -0.3 is 10.2 Å². The summed E-state index contributed by atoms with van der Waals surface area (Å²) in [6, 6.07) is -0.0950. The molecule has 25 heavy (non-hydrogen) atoms. The minimum Gasteiger partial charge on any atom is -0.347 e. The van der Waals surface area contributed by atoms with Crippen LogP contribution in [0.15, 0.2) is 4.34 Å². The topological polar surface area (TPSA) is 104 Å². The van der Waals surface area contributed by atoms with Gasteiger partial charge in [0, 0.05) is 20.1 Å². The number of urea groups is 1. The third-order valence-corrected chi connectivity index (χ3v) is 6.04. The van der Waals surface area contributed by atoms with Crippen LogP contribution in [0.5, 0.6) is 0 Å². The Kier molecular flexibility index (Phi) is 7.18. The molecule has 138 valence electrons. The Hall–Kier alpha value is -1.68. The number of hydrogen-bond donors (Lipinski definition) is 2. The first-order chi connectivity index (χ1) is 11.9. The molecule has 1 aromatic heterocycles. The molecule has 1 heterocycles. The van der Waals surface area contributed by atoms with Crippen molar-refractivity contribution in [2.75, 3.05) is 19.4 Å². The first-order valence-electron chi connectivity index (χ1n) is 8.16. The molecule has 10 heteroatoms. The van der Waals surface area contributed by atoms with Crippen LogP contribution in [0.1, 0.15) is 39.0 Å². The average molecular weight is 386 g/mol. The standard InChI is InChI=1S/C15H23N5O3S2/c1-9(21)11(12(22)20(2)3)24-15-19-18-14(25-15)17-13(23)16-10-7-5-4-6-8-10/h10-11H,4-8H2,1-3H3,(H2,16,17,18,23)/t11-/m0/s1. The van der Waals surface area contributed by atoms with Gasteiger partial charge in [-0.3, -0.25) is 14.9 Å². The molecular formula is C15H23N5O3S2. The molecule has 0 unspecified atom stereocenters. The summed E-state index contributed by atoms with van der Waals surface area (Å²) in [5.41, 5.74) is 0. The molecule has 1 aliphatic rings. The maximum atomic E-state index is 12.1. The number of hydrogen-bond acceptors (Lipinski definition) is 7. The van der Waals surface area contributed by atoms with E-state index in [0.717, 1.165) is 48.8 Å². The molecule has 2 N–H and O–H groups in total. The third kappa shape index (κ3) is 5.96. The van der Waals surface area contributed by atoms with Crippen LogP contribution in [-0.4, -0.2) is 58.2 Å². The summed E-state index contributed by atoms with van der Waals surface area (Å²) in [6.45, 7) is 1.37. The number of aromatic nitrogens is 2. The van der Waals surface area contributed by atoms with Crippen molar-refractivity contribution in [1.82, 2.24) is 20.4 Å². The average Bonchev–Trinajstić information content (AvgIpc) is 2.99. The summed E-state index contributed by atoms with van der Waals surface area (Å²) in [5.74, 6) is -0.541. The van der Waals surface area contributed by atoms with Crippen LogP contribution in [0.25, 0.3) is 0 Å². The Morgan fingerprint density at radius 2 is 1.88 bits per heavy atom. The lowest BCUT2D eigenvalue weighted by Crippen LogP contribution is -2.38. The lowest BCUT2D eigenvalue weighted by Gasteiger charge is -2.22. The van der Waals surface area contributed by atoms with Gasteiger partial charge in [0.1, 0.15) is 5.25 Å². The van der Waals surface area contributed by atoms with Crippen LogP contribution in [0, 0.1) is 0 Å². The molecule has 0 spiro atoms. The molecule has 1 aromatic rings. The molecule has 1 fully saturated rings. The van der Waals surface area contributed by atoms with Gasteiger partial charge in [0.05, 0.1) is 0 Å². The summed E-state index contributed by atoms with van der Waals surface area (Å²) in [5, 5.41) is 12.9. The van der Waals surface area contributed by atoms with E-state index in [-0.39, 0.29) is 23.8 Å². The van der Waals surface area contributed by atoms with E-state index in [1.54, 1.807) is 14.1 Å². The van der Waals surface area contributed by atoms with Crippen molar-refractivity contribution in [3.8, 4) is 0 Å². The fourth-order valence-electron chi connectivity index (χ4n) is 2.52. The maximum absolute atomic E-state index is 12.1. The van der Waals surface area contributed by atoms with Gasteiger partial charge in [-0.2, -0.15) is 0 Å². The van der Waals surface area contributed by atoms with Crippen molar-refractivity contribution in [3.63, 3.8) is 0 Å². The summed E-state index contributed by atoms with van der Waals surface area (Å²) in [6.07, 6.45) is 5.49. The van der Waals surface area contributed by atoms with E-state index in [1.165, 1.54) is 18.2 Å². The van der Waals surface area contributed by atoms with Crippen molar-refractivity contribution < 1.29 is 14.4 Å². The molecule has 1 aliphatic carbocycles. The van der Waals surface area contributed by atoms with E-state index < -0.39 is 5.25 Å². The second-order valence-corrected chi connectivity index (χ2v) is 8.48. The second-order valence-electron chi connectivity index (χ2n) is 6.15. The van der Waals surface area contributed by atoms with E-state index in [9.17, 15) is 14.4 Å². The predicted molar refractivity (Wildman–Crippen MR) is 98.0 cm³/mol. The number of thioether (sulfide) groups is 1. The normalized spacial score (nSPS) is 16.1. The summed E-state index contributed by atoms with van der Waals surface area (Å²) >= 11 is 2.19. The van der Waals surface area contributed by atoms with Gasteiger partial charge in [0.2, 0.25) is 11.0 Å². The fraction of sp³-hybridized carbons (Fsp3) is 0.667.